The molecule has 3 N–H and O–H groups in total. The molecule has 2 saturated heterocycles. The van der Waals surface area contributed by atoms with E-state index in [0.717, 1.165) is 31.5 Å². The number of aromatic nitrogens is 3. The van der Waals surface area contributed by atoms with Crippen LogP contribution in [0.5, 0.6) is 0 Å². The summed E-state index contributed by atoms with van der Waals surface area (Å²) in [6, 6.07) is 0.504. The first-order valence-electron chi connectivity index (χ1n) is 7.93. The predicted molar refractivity (Wildman–Crippen MR) is 84.3 cm³/mol. The van der Waals surface area contributed by atoms with Crippen LogP contribution in [0.4, 0.5) is 17.8 Å². The lowest BCUT2D eigenvalue weighted by atomic mass is 10.0. The molecule has 0 radical (unpaired) electrons. The van der Waals surface area contributed by atoms with Gasteiger partial charge >= 0.3 is 0 Å². The van der Waals surface area contributed by atoms with Crippen molar-refractivity contribution < 1.29 is 0 Å². The number of anilines is 3. The van der Waals surface area contributed by atoms with Crippen LogP contribution in [-0.4, -0.2) is 40.6 Å². The summed E-state index contributed by atoms with van der Waals surface area (Å²) in [5.74, 6) is 8.10. The second-order valence-corrected chi connectivity index (χ2v) is 6.24. The fourth-order valence-electron chi connectivity index (χ4n) is 3.34. The first-order valence-corrected chi connectivity index (χ1v) is 7.93. The molecule has 2 aliphatic rings. The van der Waals surface area contributed by atoms with Crippen molar-refractivity contribution in [3.8, 4) is 0 Å². The average molecular weight is 291 g/mol. The van der Waals surface area contributed by atoms with E-state index in [-0.39, 0.29) is 0 Å². The summed E-state index contributed by atoms with van der Waals surface area (Å²) >= 11 is 0. The Bertz CT molecular complexity index is 484. The maximum absolute atomic E-state index is 5.54. The molecule has 3 rings (SSSR count). The highest BCUT2D eigenvalue weighted by atomic mass is 15.4. The lowest BCUT2D eigenvalue weighted by Crippen LogP contribution is -2.35. The lowest BCUT2D eigenvalue weighted by Gasteiger charge is -2.28. The molecule has 7 nitrogen and oxygen atoms in total. The van der Waals surface area contributed by atoms with Gasteiger partial charge in [-0.3, -0.25) is 5.43 Å². The zero-order chi connectivity index (χ0) is 14.8. The average Bonchev–Trinajstić information content (AvgIpc) is 3.17. The fourth-order valence-corrected chi connectivity index (χ4v) is 3.34. The van der Waals surface area contributed by atoms with Gasteiger partial charge in [0, 0.05) is 25.7 Å². The summed E-state index contributed by atoms with van der Waals surface area (Å²) in [4.78, 5) is 18.1. The van der Waals surface area contributed by atoms with Gasteiger partial charge in [0.05, 0.1) is 0 Å². The molecule has 2 aliphatic heterocycles. The van der Waals surface area contributed by atoms with Crippen LogP contribution in [0.3, 0.4) is 0 Å². The van der Waals surface area contributed by atoms with Gasteiger partial charge in [-0.2, -0.15) is 15.0 Å². The van der Waals surface area contributed by atoms with Crippen molar-refractivity contribution in [2.24, 2.45) is 11.8 Å². The van der Waals surface area contributed by atoms with E-state index >= 15 is 0 Å². The van der Waals surface area contributed by atoms with E-state index in [2.05, 4.69) is 39.0 Å². The van der Waals surface area contributed by atoms with E-state index in [1.807, 2.05) is 0 Å². The molecule has 0 spiro atoms. The monoisotopic (exact) mass is 291 g/mol. The summed E-state index contributed by atoms with van der Waals surface area (Å²) in [7, 11) is 0. The topological polar surface area (TPSA) is 83.2 Å². The second-order valence-electron chi connectivity index (χ2n) is 6.24. The Morgan fingerprint density at radius 1 is 1.05 bits per heavy atom. The van der Waals surface area contributed by atoms with Gasteiger partial charge in [0.25, 0.3) is 0 Å². The Hall–Kier alpha value is -1.63. The molecule has 1 aromatic rings. The Balaban J connectivity index is 1.91. The molecule has 21 heavy (non-hydrogen) atoms. The van der Waals surface area contributed by atoms with E-state index in [1.54, 1.807) is 0 Å². The van der Waals surface area contributed by atoms with E-state index in [1.165, 1.54) is 25.7 Å². The fraction of sp³-hybridized carbons (Fsp3) is 0.786. The maximum Gasteiger partial charge on any atom is 0.243 e. The Morgan fingerprint density at radius 2 is 1.76 bits per heavy atom. The minimum Gasteiger partial charge on any atom is -0.341 e. The molecule has 7 heteroatoms. The summed E-state index contributed by atoms with van der Waals surface area (Å²) < 4.78 is 0. The molecule has 0 aromatic carbocycles. The molecule has 1 atom stereocenters. The van der Waals surface area contributed by atoms with Crippen LogP contribution in [-0.2, 0) is 0 Å². The third-order valence-electron chi connectivity index (χ3n) is 4.46. The number of nitrogens with two attached hydrogens (primary N) is 1. The standard InChI is InChI=1S/C14H25N7/c1-10(2)11-6-5-9-21(11)14-17-12(19-15)16-13(18-14)20-7-3-4-8-20/h10-11H,3-9,15H2,1-2H3,(H,16,17,18,19). The van der Waals surface area contributed by atoms with Crippen molar-refractivity contribution in [1.29, 1.82) is 0 Å². The van der Waals surface area contributed by atoms with Gasteiger partial charge in [0.2, 0.25) is 17.8 Å². The Labute approximate surface area is 125 Å². The quantitative estimate of drug-likeness (QED) is 0.640. The number of nitrogen functional groups attached to an aromatic ring is 1. The van der Waals surface area contributed by atoms with E-state index in [0.29, 0.717) is 17.9 Å². The number of nitrogens with one attached hydrogen (secondary N) is 1. The molecule has 1 unspecified atom stereocenters. The van der Waals surface area contributed by atoms with Crippen molar-refractivity contribution >= 4 is 17.8 Å². The summed E-state index contributed by atoms with van der Waals surface area (Å²) in [5.41, 5.74) is 2.58. The maximum atomic E-state index is 5.54. The van der Waals surface area contributed by atoms with Gasteiger partial charge in [0.1, 0.15) is 0 Å². The normalized spacial score (nSPS) is 22.4. The number of nitrogens with zero attached hydrogens (tertiary/aromatic N) is 5. The van der Waals surface area contributed by atoms with Gasteiger partial charge in [-0.1, -0.05) is 13.8 Å². The molecule has 0 amide bonds. The van der Waals surface area contributed by atoms with Crippen molar-refractivity contribution in [3.63, 3.8) is 0 Å². The highest BCUT2D eigenvalue weighted by Gasteiger charge is 2.30. The molecule has 1 aromatic heterocycles. The van der Waals surface area contributed by atoms with Crippen LogP contribution in [0, 0.1) is 5.92 Å². The van der Waals surface area contributed by atoms with Crippen LogP contribution in [0.25, 0.3) is 0 Å². The third-order valence-corrected chi connectivity index (χ3v) is 4.46. The van der Waals surface area contributed by atoms with Gasteiger partial charge < -0.3 is 9.80 Å². The summed E-state index contributed by atoms with van der Waals surface area (Å²) in [6.45, 7) is 7.56. The summed E-state index contributed by atoms with van der Waals surface area (Å²) in [5, 5.41) is 0. The van der Waals surface area contributed by atoms with E-state index < -0.39 is 0 Å². The minimum atomic E-state index is 0.455. The first kappa shape index (κ1) is 14.3. The largest absolute Gasteiger partial charge is 0.341 e. The molecule has 0 saturated carbocycles. The number of rotatable bonds is 4. The molecule has 0 aliphatic carbocycles. The van der Waals surface area contributed by atoms with Crippen LogP contribution in [0.1, 0.15) is 39.5 Å². The predicted octanol–water partition coefficient (Wildman–Crippen LogP) is 1.38. The van der Waals surface area contributed by atoms with Gasteiger partial charge in [-0.15, -0.1) is 0 Å². The zero-order valence-electron chi connectivity index (χ0n) is 12.9. The van der Waals surface area contributed by atoms with Gasteiger partial charge in [0.15, 0.2) is 0 Å². The van der Waals surface area contributed by atoms with Crippen molar-refractivity contribution in [3.05, 3.63) is 0 Å². The molecule has 0 bridgehead atoms. The second kappa shape index (κ2) is 6.01. The minimum absolute atomic E-state index is 0.455. The SMILES string of the molecule is CC(C)C1CCCN1c1nc(NN)nc(N2CCCC2)n1. The molecule has 3 heterocycles. The van der Waals surface area contributed by atoms with E-state index in [9.17, 15) is 0 Å². The molecular weight excluding hydrogens is 266 g/mol. The number of hydrazine groups is 1. The van der Waals surface area contributed by atoms with Gasteiger partial charge in [-0.05, 0) is 31.6 Å². The highest BCUT2D eigenvalue weighted by Crippen LogP contribution is 2.29. The Morgan fingerprint density at radius 3 is 2.43 bits per heavy atom. The Kier molecular flexibility index (Phi) is 4.10. The lowest BCUT2D eigenvalue weighted by molar-refractivity contribution is 0.486. The van der Waals surface area contributed by atoms with Crippen molar-refractivity contribution in [1.82, 2.24) is 15.0 Å². The smallest absolute Gasteiger partial charge is 0.243 e. The number of hydrogen-bond donors (Lipinski definition) is 2. The zero-order valence-corrected chi connectivity index (χ0v) is 12.9. The van der Waals surface area contributed by atoms with E-state index in [4.69, 9.17) is 10.8 Å². The summed E-state index contributed by atoms with van der Waals surface area (Å²) in [6.07, 6.45) is 4.79. The van der Waals surface area contributed by atoms with Crippen molar-refractivity contribution in [2.75, 3.05) is 34.9 Å². The highest BCUT2D eigenvalue weighted by molar-refractivity contribution is 5.46. The van der Waals surface area contributed by atoms with Gasteiger partial charge in [-0.25, -0.2) is 5.84 Å². The van der Waals surface area contributed by atoms with Crippen LogP contribution in [0.15, 0.2) is 0 Å². The van der Waals surface area contributed by atoms with Crippen LogP contribution < -0.4 is 21.1 Å². The van der Waals surface area contributed by atoms with Crippen LogP contribution >= 0.6 is 0 Å². The third kappa shape index (κ3) is 2.88. The first-order chi connectivity index (χ1) is 10.2. The van der Waals surface area contributed by atoms with Crippen molar-refractivity contribution in [2.45, 2.75) is 45.6 Å². The molecule has 116 valence electrons. The molecular formula is C14H25N7. The van der Waals surface area contributed by atoms with Crippen LogP contribution in [0.2, 0.25) is 0 Å². The molecule has 2 fully saturated rings. The number of hydrogen-bond acceptors (Lipinski definition) is 7.